The van der Waals surface area contributed by atoms with Gasteiger partial charge in [0.05, 0.1) is 5.69 Å². The molecule has 0 bridgehead atoms. The van der Waals surface area contributed by atoms with Crippen molar-refractivity contribution in [3.05, 3.63) is 54.9 Å². The lowest BCUT2D eigenvalue weighted by atomic mass is 10.2. The maximum atomic E-state index is 12.5. The summed E-state index contributed by atoms with van der Waals surface area (Å²) in [7, 11) is 0. The minimum absolute atomic E-state index is 0.350. The lowest BCUT2D eigenvalue weighted by Gasteiger charge is -2.11. The number of aromatic nitrogens is 3. The molecule has 4 nitrogen and oxygen atoms in total. The van der Waals surface area contributed by atoms with Crippen LogP contribution in [0.1, 0.15) is 24.2 Å². The molecule has 2 radical (unpaired) electrons. The molecule has 3 rings (SSSR count). The van der Waals surface area contributed by atoms with Crippen molar-refractivity contribution in [2.45, 2.75) is 25.6 Å². The van der Waals surface area contributed by atoms with E-state index in [0.29, 0.717) is 23.9 Å². The van der Waals surface area contributed by atoms with E-state index in [2.05, 4.69) is 27.2 Å². The quantitative estimate of drug-likeness (QED) is 0.917. The third-order valence-electron chi connectivity index (χ3n) is 3.59. The summed E-state index contributed by atoms with van der Waals surface area (Å²) in [6, 6.07) is 5.01. The maximum absolute atomic E-state index is 12.5. The minimum atomic E-state index is -4.45. The van der Waals surface area contributed by atoms with E-state index >= 15 is 0 Å². The Kier molecular flexibility index (Phi) is 4.30. The monoisotopic (exact) mass is 320 g/mol. The largest absolute Gasteiger partial charge is 0.433 e. The number of nitrogens with zero attached hydrogens (tertiary/aromatic N) is 3. The topological polar surface area (TPSA) is 50.7 Å². The highest BCUT2D eigenvalue weighted by Crippen LogP contribution is 2.36. The first-order valence-corrected chi connectivity index (χ1v) is 7.21. The molecule has 120 valence electrons. The molecule has 2 aromatic rings. The number of alkyl halides is 3. The first kappa shape index (κ1) is 15.9. The Morgan fingerprint density at radius 3 is 2.61 bits per heavy atom. The number of hydrogen-bond donors (Lipinski definition) is 1. The normalized spacial score (nSPS) is 15.2. The SMILES string of the molecule is [CH2][C](NCc1ccnc(-c2ccc(C(F)(F)F)nc2)n1)C1CC1. The molecule has 23 heavy (non-hydrogen) atoms. The molecule has 2 aromatic heterocycles. The van der Waals surface area contributed by atoms with Crippen molar-refractivity contribution >= 4 is 0 Å². The van der Waals surface area contributed by atoms with Crippen molar-refractivity contribution in [2.24, 2.45) is 5.92 Å². The Balaban J connectivity index is 1.71. The molecule has 1 aliphatic carbocycles. The zero-order valence-corrected chi connectivity index (χ0v) is 12.3. The average molecular weight is 320 g/mol. The van der Waals surface area contributed by atoms with Gasteiger partial charge >= 0.3 is 6.18 Å². The predicted octanol–water partition coefficient (Wildman–Crippen LogP) is 3.42. The van der Waals surface area contributed by atoms with Crippen LogP contribution in [0.25, 0.3) is 11.4 Å². The fraction of sp³-hybridized carbons (Fsp3) is 0.312. The molecule has 1 fully saturated rings. The molecule has 0 aliphatic heterocycles. The second kappa shape index (κ2) is 6.23. The molecule has 1 saturated carbocycles. The van der Waals surface area contributed by atoms with Crippen LogP contribution in [0.4, 0.5) is 13.2 Å². The van der Waals surface area contributed by atoms with Crippen LogP contribution < -0.4 is 5.32 Å². The van der Waals surface area contributed by atoms with Crippen LogP contribution in [0.15, 0.2) is 30.6 Å². The standard InChI is InChI=1S/C16H15F3N4/c1-10(11-2-3-11)21-9-13-6-7-20-15(23-13)12-4-5-14(22-8-12)16(17,18)19/h4-8,11,21H,1-3,9H2. The van der Waals surface area contributed by atoms with Gasteiger partial charge in [-0.25, -0.2) is 9.97 Å². The Bertz CT molecular complexity index is 666. The third-order valence-corrected chi connectivity index (χ3v) is 3.59. The smallest absolute Gasteiger partial charge is 0.304 e. The van der Waals surface area contributed by atoms with Gasteiger partial charge in [0.15, 0.2) is 5.82 Å². The van der Waals surface area contributed by atoms with E-state index in [9.17, 15) is 13.2 Å². The second-order valence-electron chi connectivity index (χ2n) is 5.45. The highest BCUT2D eigenvalue weighted by atomic mass is 19.4. The molecule has 0 amide bonds. The van der Waals surface area contributed by atoms with Gasteiger partial charge in [0.1, 0.15) is 5.69 Å². The number of nitrogens with one attached hydrogen (secondary N) is 1. The molecule has 0 atom stereocenters. The van der Waals surface area contributed by atoms with Gasteiger partial charge in [0.2, 0.25) is 0 Å². The summed E-state index contributed by atoms with van der Waals surface area (Å²) in [5.41, 5.74) is 0.261. The van der Waals surface area contributed by atoms with Crippen LogP contribution in [-0.4, -0.2) is 15.0 Å². The van der Waals surface area contributed by atoms with Gasteiger partial charge in [-0.05, 0) is 43.9 Å². The fourth-order valence-electron chi connectivity index (χ4n) is 2.11. The highest BCUT2D eigenvalue weighted by molar-refractivity contribution is 5.53. The van der Waals surface area contributed by atoms with Crippen LogP contribution >= 0.6 is 0 Å². The molecular formula is C16H15F3N4. The van der Waals surface area contributed by atoms with Crippen LogP contribution in [0.2, 0.25) is 0 Å². The van der Waals surface area contributed by atoms with E-state index in [0.717, 1.165) is 36.8 Å². The molecule has 0 spiro atoms. The lowest BCUT2D eigenvalue weighted by molar-refractivity contribution is -0.141. The van der Waals surface area contributed by atoms with Crippen LogP contribution in [0.5, 0.6) is 0 Å². The van der Waals surface area contributed by atoms with Crippen molar-refractivity contribution in [1.82, 2.24) is 20.3 Å². The fourth-order valence-corrected chi connectivity index (χ4v) is 2.11. The van der Waals surface area contributed by atoms with Gasteiger partial charge in [0.25, 0.3) is 0 Å². The predicted molar refractivity (Wildman–Crippen MR) is 78.4 cm³/mol. The summed E-state index contributed by atoms with van der Waals surface area (Å²) in [6.07, 6.45) is 0.597. The van der Waals surface area contributed by atoms with Gasteiger partial charge in [-0.1, -0.05) is 0 Å². The lowest BCUT2D eigenvalue weighted by Crippen LogP contribution is -2.20. The van der Waals surface area contributed by atoms with Crippen molar-refractivity contribution in [2.75, 3.05) is 0 Å². The van der Waals surface area contributed by atoms with Crippen LogP contribution in [-0.2, 0) is 12.7 Å². The van der Waals surface area contributed by atoms with E-state index in [1.165, 1.54) is 6.07 Å². The first-order chi connectivity index (χ1) is 10.9. The minimum Gasteiger partial charge on any atom is -0.304 e. The number of hydrogen-bond acceptors (Lipinski definition) is 4. The Morgan fingerprint density at radius 2 is 2.00 bits per heavy atom. The Hall–Kier alpha value is -2.02. The summed E-state index contributed by atoms with van der Waals surface area (Å²) in [4.78, 5) is 11.9. The van der Waals surface area contributed by atoms with Gasteiger partial charge < -0.3 is 5.32 Å². The van der Waals surface area contributed by atoms with Crippen LogP contribution in [0.3, 0.4) is 0 Å². The van der Waals surface area contributed by atoms with E-state index < -0.39 is 11.9 Å². The molecule has 2 heterocycles. The Morgan fingerprint density at radius 1 is 1.22 bits per heavy atom. The van der Waals surface area contributed by atoms with E-state index in [1.54, 1.807) is 12.3 Å². The molecule has 7 heteroatoms. The van der Waals surface area contributed by atoms with Crippen molar-refractivity contribution in [1.29, 1.82) is 0 Å². The van der Waals surface area contributed by atoms with E-state index in [4.69, 9.17) is 0 Å². The number of halogens is 3. The van der Waals surface area contributed by atoms with Gasteiger partial charge in [-0.3, -0.25) is 4.98 Å². The zero-order chi connectivity index (χ0) is 16.4. The van der Waals surface area contributed by atoms with Crippen molar-refractivity contribution < 1.29 is 13.2 Å². The summed E-state index contributed by atoms with van der Waals surface area (Å²) in [5.74, 6) is 0.901. The first-order valence-electron chi connectivity index (χ1n) is 7.21. The molecular weight excluding hydrogens is 305 g/mol. The highest BCUT2D eigenvalue weighted by Gasteiger charge is 2.32. The summed E-state index contributed by atoms with van der Waals surface area (Å²) < 4.78 is 37.6. The van der Waals surface area contributed by atoms with Crippen LogP contribution in [0, 0.1) is 18.9 Å². The van der Waals surface area contributed by atoms with E-state index in [-0.39, 0.29) is 0 Å². The van der Waals surface area contributed by atoms with Gasteiger partial charge in [-0.2, -0.15) is 13.2 Å². The summed E-state index contributed by atoms with van der Waals surface area (Å²) in [5, 5.41) is 3.22. The number of rotatable bonds is 5. The molecule has 0 aromatic carbocycles. The van der Waals surface area contributed by atoms with Gasteiger partial charge in [-0.15, -0.1) is 0 Å². The van der Waals surface area contributed by atoms with Crippen molar-refractivity contribution in [3.63, 3.8) is 0 Å². The van der Waals surface area contributed by atoms with E-state index in [1.807, 2.05) is 0 Å². The molecule has 1 aliphatic rings. The zero-order valence-electron chi connectivity index (χ0n) is 12.3. The molecule has 0 unspecified atom stereocenters. The molecule has 0 saturated heterocycles. The third kappa shape index (κ3) is 4.04. The second-order valence-corrected chi connectivity index (χ2v) is 5.45. The Labute approximate surface area is 132 Å². The molecule has 1 N–H and O–H groups in total. The summed E-state index contributed by atoms with van der Waals surface area (Å²) in [6.45, 7) is 4.49. The number of pyridine rings is 1. The van der Waals surface area contributed by atoms with Gasteiger partial charge in [0, 0.05) is 30.5 Å². The summed E-state index contributed by atoms with van der Waals surface area (Å²) >= 11 is 0. The maximum Gasteiger partial charge on any atom is 0.433 e. The average Bonchev–Trinajstić information content (AvgIpc) is 3.37. The van der Waals surface area contributed by atoms with Crippen molar-refractivity contribution in [3.8, 4) is 11.4 Å².